The van der Waals surface area contributed by atoms with Crippen molar-refractivity contribution in [3.8, 4) is 0 Å². The predicted molar refractivity (Wildman–Crippen MR) is 81.6 cm³/mol. The van der Waals surface area contributed by atoms with Crippen LogP contribution in [0.4, 0.5) is 5.69 Å². The van der Waals surface area contributed by atoms with Crippen LogP contribution in [0.15, 0.2) is 23.4 Å². The summed E-state index contributed by atoms with van der Waals surface area (Å²) in [5.74, 6) is 0. The van der Waals surface area contributed by atoms with Gasteiger partial charge in [-0.05, 0) is 25.8 Å². The lowest BCUT2D eigenvalue weighted by atomic mass is 10.1. The summed E-state index contributed by atoms with van der Waals surface area (Å²) in [7, 11) is -3.65. The summed E-state index contributed by atoms with van der Waals surface area (Å²) in [6.07, 6.45) is 6.43. The third-order valence-electron chi connectivity index (χ3n) is 3.77. The van der Waals surface area contributed by atoms with Crippen molar-refractivity contribution in [1.82, 2.24) is 9.29 Å². The minimum atomic E-state index is -3.65. The van der Waals surface area contributed by atoms with Crippen LogP contribution in [0.1, 0.15) is 32.6 Å². The Morgan fingerprint density at radius 2 is 2.24 bits per heavy atom. The first-order valence-corrected chi connectivity index (χ1v) is 8.85. The molecule has 2 rings (SSSR count). The Morgan fingerprint density at radius 1 is 1.43 bits per heavy atom. The highest BCUT2D eigenvalue weighted by Gasteiger charge is 2.33. The number of anilines is 1. The summed E-state index contributed by atoms with van der Waals surface area (Å²) in [6, 6.07) is 1.33. The van der Waals surface area contributed by atoms with Gasteiger partial charge in [0.15, 0.2) is 0 Å². The quantitative estimate of drug-likeness (QED) is 0.859. The summed E-state index contributed by atoms with van der Waals surface area (Å²) in [4.78, 5) is 4.14. The van der Waals surface area contributed by atoms with E-state index < -0.39 is 10.0 Å². The lowest BCUT2D eigenvalue weighted by Crippen LogP contribution is -2.42. The second kappa shape index (κ2) is 7.20. The average molecular weight is 313 g/mol. The van der Waals surface area contributed by atoms with Crippen LogP contribution < -0.4 is 5.32 Å². The molecule has 1 saturated heterocycles. The molecule has 1 unspecified atom stereocenters. The molecule has 0 bridgehead atoms. The first kappa shape index (κ1) is 16.2. The molecule has 1 aromatic heterocycles. The topological polar surface area (TPSA) is 82.5 Å². The van der Waals surface area contributed by atoms with E-state index in [2.05, 4.69) is 10.3 Å². The largest absolute Gasteiger partial charge is 0.395 e. The van der Waals surface area contributed by atoms with Gasteiger partial charge in [0.2, 0.25) is 10.0 Å². The fourth-order valence-electron chi connectivity index (χ4n) is 2.70. The zero-order valence-corrected chi connectivity index (χ0v) is 13.1. The molecule has 7 heteroatoms. The number of hydrogen-bond acceptors (Lipinski definition) is 5. The number of aliphatic hydroxyl groups excluding tert-OH is 1. The minimum absolute atomic E-state index is 0.143. The second-order valence-electron chi connectivity index (χ2n) is 5.20. The molecule has 1 aliphatic rings. The molecule has 118 valence electrons. The number of nitrogens with one attached hydrogen (secondary N) is 1. The number of rotatable bonds is 5. The Hall–Kier alpha value is -1.18. The smallest absolute Gasteiger partial charge is 0.247 e. The van der Waals surface area contributed by atoms with Crippen molar-refractivity contribution in [3.63, 3.8) is 0 Å². The van der Waals surface area contributed by atoms with Gasteiger partial charge in [0.05, 0.1) is 12.3 Å². The molecule has 0 aromatic carbocycles. The van der Waals surface area contributed by atoms with Crippen LogP contribution in [0.3, 0.4) is 0 Å². The average Bonchev–Trinajstić information content (AvgIpc) is 2.73. The lowest BCUT2D eigenvalue weighted by molar-refractivity contribution is 0.186. The molecule has 2 heterocycles. The van der Waals surface area contributed by atoms with Crippen LogP contribution in [-0.2, 0) is 10.0 Å². The third kappa shape index (κ3) is 3.53. The number of sulfonamides is 1. The molecule has 1 atom stereocenters. The van der Waals surface area contributed by atoms with E-state index >= 15 is 0 Å². The van der Waals surface area contributed by atoms with Crippen LogP contribution in [0.2, 0.25) is 0 Å². The number of aromatic nitrogens is 1. The fraction of sp³-hybridized carbons (Fsp3) is 0.643. The van der Waals surface area contributed by atoms with E-state index in [0.29, 0.717) is 25.2 Å². The highest BCUT2D eigenvalue weighted by Crippen LogP contribution is 2.28. The maximum Gasteiger partial charge on any atom is 0.247 e. The fourth-order valence-corrected chi connectivity index (χ4v) is 4.50. The zero-order chi connectivity index (χ0) is 15.3. The first-order valence-electron chi connectivity index (χ1n) is 7.41. The molecule has 1 fully saturated rings. The molecule has 21 heavy (non-hydrogen) atoms. The predicted octanol–water partition coefficient (Wildman–Crippen LogP) is 1.44. The van der Waals surface area contributed by atoms with E-state index in [-0.39, 0.29) is 17.5 Å². The minimum Gasteiger partial charge on any atom is -0.395 e. The van der Waals surface area contributed by atoms with Crippen molar-refractivity contribution in [2.45, 2.75) is 43.5 Å². The molecule has 1 aromatic rings. The van der Waals surface area contributed by atoms with E-state index in [1.165, 1.54) is 10.5 Å². The summed E-state index contributed by atoms with van der Waals surface area (Å²) < 4.78 is 27.3. The maximum atomic E-state index is 12.9. The number of nitrogens with zero attached hydrogens (tertiary/aromatic N) is 2. The standard InChI is InChI=1S/C14H23N3O3S/c1-2-16-13-7-8-15-10-14(13)21(19,20)17-9-5-3-4-6-12(17)11-18/h7-8,10,12,18H,2-6,9,11H2,1H3,(H,15,16). The van der Waals surface area contributed by atoms with Gasteiger partial charge in [-0.25, -0.2) is 8.42 Å². The summed E-state index contributed by atoms with van der Waals surface area (Å²) in [5.41, 5.74) is 0.563. The van der Waals surface area contributed by atoms with E-state index in [9.17, 15) is 13.5 Å². The lowest BCUT2D eigenvalue weighted by Gasteiger charge is -2.28. The van der Waals surface area contributed by atoms with Gasteiger partial charge in [-0.3, -0.25) is 4.98 Å². The van der Waals surface area contributed by atoms with Gasteiger partial charge in [0.1, 0.15) is 4.90 Å². The summed E-state index contributed by atoms with van der Waals surface area (Å²) in [5, 5.41) is 12.6. The van der Waals surface area contributed by atoms with Crippen LogP contribution in [-0.4, -0.2) is 48.6 Å². The number of hydrogen-bond donors (Lipinski definition) is 2. The summed E-state index contributed by atoms with van der Waals surface area (Å²) in [6.45, 7) is 2.86. The van der Waals surface area contributed by atoms with Crippen molar-refractivity contribution in [1.29, 1.82) is 0 Å². The van der Waals surface area contributed by atoms with Gasteiger partial charge in [-0.15, -0.1) is 0 Å². The van der Waals surface area contributed by atoms with Crippen molar-refractivity contribution in [2.24, 2.45) is 0 Å². The molecule has 1 aliphatic heterocycles. The molecule has 6 nitrogen and oxygen atoms in total. The number of aliphatic hydroxyl groups is 1. The van der Waals surface area contributed by atoms with Gasteiger partial charge >= 0.3 is 0 Å². The molecule has 0 amide bonds. The normalized spacial score (nSPS) is 21.0. The van der Waals surface area contributed by atoms with Crippen molar-refractivity contribution < 1.29 is 13.5 Å². The Bertz CT molecular complexity index is 562. The second-order valence-corrected chi connectivity index (χ2v) is 7.06. The summed E-state index contributed by atoms with van der Waals surface area (Å²) >= 11 is 0. The Kier molecular flexibility index (Phi) is 5.55. The van der Waals surface area contributed by atoms with Crippen molar-refractivity contribution in [3.05, 3.63) is 18.5 Å². The molecular weight excluding hydrogens is 290 g/mol. The Labute approximate surface area is 126 Å². The molecule has 0 aliphatic carbocycles. The van der Waals surface area contributed by atoms with E-state index in [1.807, 2.05) is 6.92 Å². The van der Waals surface area contributed by atoms with E-state index in [4.69, 9.17) is 0 Å². The van der Waals surface area contributed by atoms with Gasteiger partial charge in [0, 0.05) is 31.5 Å². The van der Waals surface area contributed by atoms with Crippen LogP contribution >= 0.6 is 0 Å². The molecule has 0 saturated carbocycles. The van der Waals surface area contributed by atoms with Gasteiger partial charge in [-0.2, -0.15) is 4.31 Å². The van der Waals surface area contributed by atoms with Crippen molar-refractivity contribution >= 4 is 15.7 Å². The van der Waals surface area contributed by atoms with Crippen LogP contribution in [0.25, 0.3) is 0 Å². The Balaban J connectivity index is 2.40. The van der Waals surface area contributed by atoms with E-state index in [1.54, 1.807) is 12.3 Å². The van der Waals surface area contributed by atoms with Gasteiger partial charge in [0.25, 0.3) is 0 Å². The van der Waals surface area contributed by atoms with Crippen molar-refractivity contribution in [2.75, 3.05) is 25.0 Å². The van der Waals surface area contributed by atoms with Crippen LogP contribution in [0.5, 0.6) is 0 Å². The maximum absolute atomic E-state index is 12.9. The van der Waals surface area contributed by atoms with Crippen LogP contribution in [0, 0.1) is 0 Å². The molecular formula is C14H23N3O3S. The van der Waals surface area contributed by atoms with Gasteiger partial charge < -0.3 is 10.4 Å². The highest BCUT2D eigenvalue weighted by atomic mass is 32.2. The highest BCUT2D eigenvalue weighted by molar-refractivity contribution is 7.89. The number of pyridine rings is 1. The van der Waals surface area contributed by atoms with Gasteiger partial charge in [-0.1, -0.05) is 12.8 Å². The Morgan fingerprint density at radius 3 is 2.95 bits per heavy atom. The first-order chi connectivity index (χ1) is 10.1. The molecule has 2 N–H and O–H groups in total. The van der Waals surface area contributed by atoms with E-state index in [0.717, 1.165) is 19.3 Å². The monoisotopic (exact) mass is 313 g/mol. The zero-order valence-electron chi connectivity index (χ0n) is 12.3. The SMILES string of the molecule is CCNc1ccncc1S(=O)(=O)N1CCCCCC1CO. The molecule has 0 spiro atoms. The third-order valence-corrected chi connectivity index (χ3v) is 5.75. The molecule has 0 radical (unpaired) electrons.